The Hall–Kier alpha value is -2.28. The monoisotopic (exact) mass is 286 g/mol. The van der Waals surface area contributed by atoms with Crippen LogP contribution in [0.1, 0.15) is 16.1 Å². The summed E-state index contributed by atoms with van der Waals surface area (Å²) in [5.74, 6) is 0.627. The van der Waals surface area contributed by atoms with Crippen molar-refractivity contribution in [1.29, 1.82) is 0 Å². The van der Waals surface area contributed by atoms with Crippen LogP contribution in [0.15, 0.2) is 29.8 Å². The summed E-state index contributed by atoms with van der Waals surface area (Å²) in [6.07, 6.45) is 0. The molecule has 0 fully saturated rings. The molecule has 0 radical (unpaired) electrons. The van der Waals surface area contributed by atoms with Crippen molar-refractivity contribution in [2.75, 3.05) is 5.32 Å². The Bertz CT molecular complexity index is 700. The lowest BCUT2D eigenvalue weighted by molar-refractivity contribution is 0.789. The quantitative estimate of drug-likeness (QED) is 0.797. The molecule has 0 aliphatic heterocycles. The van der Waals surface area contributed by atoms with E-state index in [1.165, 1.54) is 10.4 Å². The predicted octanol–water partition coefficient (Wildman–Crippen LogP) is 2.35. The zero-order valence-corrected chi connectivity index (χ0v) is 12.1. The largest absolute Gasteiger partial charge is 0.348 e. The van der Waals surface area contributed by atoms with Crippen LogP contribution in [0.25, 0.3) is 5.69 Å². The SMILES string of the molecule is Cc1ccc(-n2nnnc2NCc2scnc2C)cc1. The van der Waals surface area contributed by atoms with Gasteiger partial charge >= 0.3 is 0 Å². The zero-order valence-electron chi connectivity index (χ0n) is 11.2. The molecule has 3 rings (SSSR count). The first-order valence-electron chi connectivity index (χ1n) is 6.22. The van der Waals surface area contributed by atoms with Crippen molar-refractivity contribution < 1.29 is 0 Å². The summed E-state index contributed by atoms with van der Waals surface area (Å²) in [5, 5.41) is 15.0. The van der Waals surface area contributed by atoms with Crippen LogP contribution in [0.4, 0.5) is 5.95 Å². The molecule has 0 spiro atoms. The van der Waals surface area contributed by atoms with E-state index in [0.717, 1.165) is 11.4 Å². The summed E-state index contributed by atoms with van der Waals surface area (Å²) >= 11 is 1.62. The van der Waals surface area contributed by atoms with Gasteiger partial charge in [0.25, 0.3) is 0 Å². The van der Waals surface area contributed by atoms with Gasteiger partial charge < -0.3 is 5.32 Å². The minimum absolute atomic E-state index is 0.627. The van der Waals surface area contributed by atoms with Crippen LogP contribution in [0.3, 0.4) is 0 Å². The molecule has 102 valence electrons. The fraction of sp³-hybridized carbons (Fsp3) is 0.231. The van der Waals surface area contributed by atoms with Crippen LogP contribution in [0, 0.1) is 13.8 Å². The third kappa shape index (κ3) is 2.53. The summed E-state index contributed by atoms with van der Waals surface area (Å²) in [4.78, 5) is 5.41. The van der Waals surface area contributed by atoms with E-state index in [-0.39, 0.29) is 0 Å². The summed E-state index contributed by atoms with van der Waals surface area (Å²) in [6, 6.07) is 8.06. The molecule has 0 aliphatic rings. The van der Waals surface area contributed by atoms with Gasteiger partial charge in [-0.2, -0.15) is 4.68 Å². The first-order chi connectivity index (χ1) is 9.74. The number of rotatable bonds is 4. The molecule has 20 heavy (non-hydrogen) atoms. The number of aryl methyl sites for hydroxylation is 2. The fourth-order valence-corrected chi connectivity index (χ4v) is 2.53. The topological polar surface area (TPSA) is 68.5 Å². The summed E-state index contributed by atoms with van der Waals surface area (Å²) in [5.41, 5.74) is 5.02. The Balaban J connectivity index is 1.80. The minimum atomic E-state index is 0.627. The van der Waals surface area contributed by atoms with Gasteiger partial charge in [-0.3, -0.25) is 0 Å². The van der Waals surface area contributed by atoms with Gasteiger partial charge in [-0.25, -0.2) is 4.98 Å². The number of hydrogen-bond donors (Lipinski definition) is 1. The van der Waals surface area contributed by atoms with Gasteiger partial charge in [-0.15, -0.1) is 11.3 Å². The highest BCUT2D eigenvalue weighted by molar-refractivity contribution is 7.09. The van der Waals surface area contributed by atoms with Crippen LogP contribution < -0.4 is 5.32 Å². The minimum Gasteiger partial charge on any atom is -0.348 e. The Labute approximate surface area is 120 Å². The van der Waals surface area contributed by atoms with Crippen molar-refractivity contribution >= 4 is 17.3 Å². The number of anilines is 1. The predicted molar refractivity (Wildman–Crippen MR) is 78.1 cm³/mol. The standard InChI is InChI=1S/C13H14N6S/c1-9-3-5-11(6-4-9)19-13(16-17-18-19)14-7-12-10(2)15-8-20-12/h3-6,8H,7H2,1-2H3,(H,14,16,18). The van der Waals surface area contributed by atoms with Gasteiger partial charge in [-0.05, 0) is 36.4 Å². The lowest BCUT2D eigenvalue weighted by atomic mass is 10.2. The van der Waals surface area contributed by atoms with Crippen LogP contribution in [-0.4, -0.2) is 25.2 Å². The molecule has 1 N–H and O–H groups in total. The second-order valence-corrected chi connectivity index (χ2v) is 5.40. The Morgan fingerprint density at radius 1 is 1.20 bits per heavy atom. The van der Waals surface area contributed by atoms with E-state index in [0.29, 0.717) is 12.5 Å². The molecule has 6 nitrogen and oxygen atoms in total. The van der Waals surface area contributed by atoms with E-state index in [1.54, 1.807) is 16.0 Å². The second kappa shape index (κ2) is 5.38. The highest BCUT2D eigenvalue weighted by Crippen LogP contribution is 2.16. The van der Waals surface area contributed by atoms with E-state index in [2.05, 4.69) is 32.7 Å². The summed E-state index contributed by atoms with van der Waals surface area (Å²) in [6.45, 7) is 4.72. The van der Waals surface area contributed by atoms with Crippen LogP contribution >= 0.6 is 11.3 Å². The smallest absolute Gasteiger partial charge is 0.248 e. The molecule has 0 amide bonds. The highest BCUT2D eigenvalue weighted by Gasteiger charge is 2.09. The van der Waals surface area contributed by atoms with Crippen molar-refractivity contribution in [3.05, 3.63) is 45.9 Å². The lowest BCUT2D eigenvalue weighted by Crippen LogP contribution is -2.07. The zero-order chi connectivity index (χ0) is 13.9. The molecule has 0 aliphatic carbocycles. The van der Waals surface area contributed by atoms with E-state index >= 15 is 0 Å². The average Bonchev–Trinajstić information content (AvgIpc) is 3.06. The maximum Gasteiger partial charge on any atom is 0.248 e. The third-order valence-corrected chi connectivity index (χ3v) is 3.94. The summed E-state index contributed by atoms with van der Waals surface area (Å²) < 4.78 is 1.69. The fourth-order valence-electron chi connectivity index (χ4n) is 1.81. The van der Waals surface area contributed by atoms with Gasteiger partial charge in [0.2, 0.25) is 5.95 Å². The van der Waals surface area contributed by atoms with Crippen molar-refractivity contribution in [2.24, 2.45) is 0 Å². The Kier molecular flexibility index (Phi) is 3.42. The van der Waals surface area contributed by atoms with Crippen molar-refractivity contribution in [3.8, 4) is 5.69 Å². The Morgan fingerprint density at radius 3 is 2.70 bits per heavy atom. The molecule has 0 saturated carbocycles. The van der Waals surface area contributed by atoms with Gasteiger partial charge in [0.05, 0.1) is 23.4 Å². The molecule has 0 atom stereocenters. The number of benzene rings is 1. The molecule has 0 bridgehead atoms. The van der Waals surface area contributed by atoms with Crippen LogP contribution in [-0.2, 0) is 6.54 Å². The van der Waals surface area contributed by atoms with Crippen molar-refractivity contribution in [1.82, 2.24) is 25.2 Å². The molecule has 7 heteroatoms. The Morgan fingerprint density at radius 2 is 2.00 bits per heavy atom. The first kappa shape index (κ1) is 12.7. The maximum absolute atomic E-state index is 4.23. The molecular weight excluding hydrogens is 272 g/mol. The number of thiazole rings is 1. The van der Waals surface area contributed by atoms with E-state index in [4.69, 9.17) is 0 Å². The number of tetrazole rings is 1. The van der Waals surface area contributed by atoms with Crippen LogP contribution in [0.2, 0.25) is 0 Å². The van der Waals surface area contributed by atoms with Gasteiger partial charge in [0.15, 0.2) is 0 Å². The number of nitrogens with zero attached hydrogens (tertiary/aromatic N) is 5. The third-order valence-electron chi connectivity index (χ3n) is 3.00. The molecule has 2 heterocycles. The molecular formula is C13H14N6S. The number of hydrogen-bond acceptors (Lipinski definition) is 6. The molecule has 2 aromatic heterocycles. The molecule has 1 aromatic carbocycles. The highest BCUT2D eigenvalue weighted by atomic mass is 32.1. The van der Waals surface area contributed by atoms with E-state index < -0.39 is 0 Å². The van der Waals surface area contributed by atoms with Crippen molar-refractivity contribution in [3.63, 3.8) is 0 Å². The van der Waals surface area contributed by atoms with E-state index in [1.807, 2.05) is 36.7 Å². The van der Waals surface area contributed by atoms with Gasteiger partial charge in [-0.1, -0.05) is 22.8 Å². The van der Waals surface area contributed by atoms with Gasteiger partial charge in [0, 0.05) is 4.88 Å². The molecule has 0 unspecified atom stereocenters. The number of aromatic nitrogens is 5. The second-order valence-electron chi connectivity index (χ2n) is 4.46. The van der Waals surface area contributed by atoms with Crippen molar-refractivity contribution in [2.45, 2.75) is 20.4 Å². The average molecular weight is 286 g/mol. The number of nitrogens with one attached hydrogen (secondary N) is 1. The summed E-state index contributed by atoms with van der Waals surface area (Å²) in [7, 11) is 0. The normalized spacial score (nSPS) is 10.7. The molecule has 0 saturated heterocycles. The lowest BCUT2D eigenvalue weighted by Gasteiger charge is -2.06. The maximum atomic E-state index is 4.23. The molecule has 3 aromatic rings. The van der Waals surface area contributed by atoms with Crippen LogP contribution in [0.5, 0.6) is 0 Å². The van der Waals surface area contributed by atoms with E-state index in [9.17, 15) is 0 Å². The first-order valence-corrected chi connectivity index (χ1v) is 7.10. The van der Waals surface area contributed by atoms with Gasteiger partial charge in [0.1, 0.15) is 0 Å².